The number of methoxy groups -OCH3 is 1. The van der Waals surface area contributed by atoms with Crippen LogP contribution >= 0.6 is 0 Å². The van der Waals surface area contributed by atoms with Crippen molar-refractivity contribution in [1.29, 1.82) is 0 Å². The first-order valence-electron chi connectivity index (χ1n) is 3.37. The van der Waals surface area contributed by atoms with Crippen molar-refractivity contribution in [3.05, 3.63) is 0 Å². The van der Waals surface area contributed by atoms with Crippen LogP contribution in [0.1, 0.15) is 0 Å². The molecule has 0 heterocycles. The van der Waals surface area contributed by atoms with E-state index in [2.05, 4.69) is 4.74 Å². The molecule has 0 fully saturated rings. The Hall–Kier alpha value is -0.860. The molecular weight excluding hydrogens is 200 g/mol. The predicted molar refractivity (Wildman–Crippen MR) is 44.2 cm³/mol. The summed E-state index contributed by atoms with van der Waals surface area (Å²) in [5.41, 5.74) is 0. The number of rotatable bonds is 4. The zero-order valence-electron chi connectivity index (χ0n) is 7.35. The normalized spacial score (nSPS) is 11.4. The van der Waals surface area contributed by atoms with Crippen molar-refractivity contribution in [3.63, 3.8) is 0 Å². The third-order valence-electron chi connectivity index (χ3n) is 1.22. The van der Waals surface area contributed by atoms with Gasteiger partial charge in [-0.1, -0.05) is 0 Å². The van der Waals surface area contributed by atoms with Crippen LogP contribution in [0.15, 0.2) is 0 Å². The van der Waals surface area contributed by atoms with Crippen LogP contribution in [0.4, 0.5) is 4.79 Å². The minimum absolute atomic E-state index is 0.0909. The van der Waals surface area contributed by atoms with Gasteiger partial charge in [-0.3, -0.25) is 0 Å². The summed E-state index contributed by atoms with van der Waals surface area (Å²) in [6, 6.07) is 0. The average molecular weight is 212 g/mol. The number of aliphatic hydroxyl groups is 1. The van der Waals surface area contributed by atoms with Gasteiger partial charge in [-0.25, -0.2) is 9.52 Å². The molecule has 2 N–H and O–H groups in total. The Labute approximate surface area is 76.5 Å². The zero-order valence-corrected chi connectivity index (χ0v) is 8.17. The van der Waals surface area contributed by atoms with Crippen molar-refractivity contribution in [2.45, 2.75) is 0 Å². The first-order valence-corrected chi connectivity index (χ1v) is 4.81. The zero-order chi connectivity index (χ0) is 10.5. The molecular formula is C5H12N2O5S. The average Bonchev–Trinajstić information content (AvgIpc) is 2.04. The van der Waals surface area contributed by atoms with E-state index in [0.29, 0.717) is 0 Å². The second-order valence-corrected chi connectivity index (χ2v) is 3.92. The number of amides is 1. The van der Waals surface area contributed by atoms with Crippen molar-refractivity contribution < 1.29 is 23.1 Å². The molecule has 0 bridgehead atoms. The third kappa shape index (κ3) is 4.06. The molecule has 0 radical (unpaired) electrons. The Kier molecular flexibility index (Phi) is 4.67. The highest BCUT2D eigenvalue weighted by molar-refractivity contribution is 7.87. The van der Waals surface area contributed by atoms with E-state index in [9.17, 15) is 13.2 Å². The van der Waals surface area contributed by atoms with E-state index in [4.69, 9.17) is 5.11 Å². The molecule has 1 amide bonds. The number of carbonyl (C=O) groups excluding carboxylic acids is 1. The molecule has 7 nitrogen and oxygen atoms in total. The van der Waals surface area contributed by atoms with Crippen molar-refractivity contribution in [3.8, 4) is 0 Å². The number of carbonyl (C=O) groups is 1. The molecule has 0 atom stereocenters. The van der Waals surface area contributed by atoms with Gasteiger partial charge in [0.05, 0.1) is 13.7 Å². The van der Waals surface area contributed by atoms with E-state index in [1.807, 2.05) is 0 Å². The molecule has 0 aliphatic heterocycles. The van der Waals surface area contributed by atoms with E-state index < -0.39 is 16.3 Å². The van der Waals surface area contributed by atoms with E-state index >= 15 is 0 Å². The van der Waals surface area contributed by atoms with Gasteiger partial charge in [-0.15, -0.1) is 0 Å². The Bertz CT molecular complexity index is 262. The first kappa shape index (κ1) is 12.1. The van der Waals surface area contributed by atoms with Crippen molar-refractivity contribution in [2.75, 3.05) is 27.3 Å². The largest absolute Gasteiger partial charge is 0.452 e. The lowest BCUT2D eigenvalue weighted by Gasteiger charge is -2.15. The lowest BCUT2D eigenvalue weighted by atomic mass is 10.7. The molecule has 0 aliphatic carbocycles. The summed E-state index contributed by atoms with van der Waals surface area (Å²) >= 11 is 0. The minimum atomic E-state index is -3.88. The number of aliphatic hydroxyl groups excluding tert-OH is 1. The van der Waals surface area contributed by atoms with Crippen LogP contribution in [0.5, 0.6) is 0 Å². The fourth-order valence-corrected chi connectivity index (χ4v) is 1.26. The highest BCUT2D eigenvalue weighted by Gasteiger charge is 2.19. The van der Waals surface area contributed by atoms with Crippen LogP contribution in [-0.4, -0.2) is 51.2 Å². The van der Waals surface area contributed by atoms with Crippen LogP contribution in [0, 0.1) is 0 Å². The number of ether oxygens (including phenoxy) is 1. The fraction of sp³-hybridized carbons (Fsp3) is 0.800. The van der Waals surface area contributed by atoms with Crippen LogP contribution < -0.4 is 4.72 Å². The van der Waals surface area contributed by atoms with Crippen molar-refractivity contribution >= 4 is 16.3 Å². The molecule has 13 heavy (non-hydrogen) atoms. The molecule has 0 aromatic heterocycles. The molecule has 0 unspecified atom stereocenters. The van der Waals surface area contributed by atoms with Gasteiger partial charge < -0.3 is 9.84 Å². The molecule has 0 rings (SSSR count). The molecule has 0 spiro atoms. The van der Waals surface area contributed by atoms with E-state index in [1.54, 1.807) is 4.72 Å². The molecule has 0 aromatic rings. The number of hydrogen-bond donors (Lipinski definition) is 2. The third-order valence-corrected chi connectivity index (χ3v) is 2.65. The highest BCUT2D eigenvalue weighted by Crippen LogP contribution is 1.92. The summed E-state index contributed by atoms with van der Waals surface area (Å²) in [7, 11) is -1.61. The predicted octanol–water partition coefficient (Wildman–Crippen LogP) is -1.49. The van der Waals surface area contributed by atoms with Gasteiger partial charge in [0.25, 0.3) is 0 Å². The van der Waals surface area contributed by atoms with E-state index in [0.717, 1.165) is 11.4 Å². The monoisotopic (exact) mass is 212 g/mol. The Balaban J connectivity index is 4.31. The molecule has 0 saturated carbocycles. The Morgan fingerprint density at radius 1 is 1.62 bits per heavy atom. The summed E-state index contributed by atoms with van der Waals surface area (Å²) < 4.78 is 28.7. The van der Waals surface area contributed by atoms with Gasteiger partial charge in [0.15, 0.2) is 0 Å². The second kappa shape index (κ2) is 5.00. The lowest BCUT2D eigenvalue weighted by Crippen LogP contribution is -2.42. The highest BCUT2D eigenvalue weighted by atomic mass is 32.2. The minimum Gasteiger partial charge on any atom is -0.452 e. The van der Waals surface area contributed by atoms with Gasteiger partial charge in [-0.2, -0.15) is 12.7 Å². The number of nitrogens with one attached hydrogen (secondary N) is 1. The Morgan fingerprint density at radius 2 is 2.15 bits per heavy atom. The van der Waals surface area contributed by atoms with Crippen LogP contribution in [0.25, 0.3) is 0 Å². The topological polar surface area (TPSA) is 95.9 Å². The summed E-state index contributed by atoms with van der Waals surface area (Å²) in [5.74, 6) is 0. The first-order chi connectivity index (χ1) is 5.94. The second-order valence-electron chi connectivity index (χ2n) is 2.14. The number of hydrogen-bond acceptors (Lipinski definition) is 5. The lowest BCUT2D eigenvalue weighted by molar-refractivity contribution is 0.176. The van der Waals surface area contributed by atoms with Gasteiger partial charge in [0, 0.05) is 13.6 Å². The summed E-state index contributed by atoms with van der Waals surface area (Å²) in [6.45, 7) is -0.412. The quantitative estimate of drug-likeness (QED) is 0.592. The fourth-order valence-electron chi connectivity index (χ4n) is 0.486. The maximum Gasteiger partial charge on any atom is 0.421 e. The van der Waals surface area contributed by atoms with Gasteiger partial charge in [-0.05, 0) is 0 Å². The summed E-state index contributed by atoms with van der Waals surface area (Å²) in [4.78, 5) is 10.5. The molecule has 8 heteroatoms. The van der Waals surface area contributed by atoms with Crippen LogP contribution in [0.2, 0.25) is 0 Å². The SMILES string of the molecule is COC(=O)NS(=O)(=O)N(C)CCO. The molecule has 0 saturated heterocycles. The standard InChI is InChI=1S/C5H12N2O5S/c1-7(3-4-8)13(10,11)6-5(9)12-2/h8H,3-4H2,1-2H3,(H,6,9). The number of nitrogens with zero attached hydrogens (tertiary/aromatic N) is 1. The number of likely N-dealkylation sites (N-methyl/N-ethyl adjacent to an activating group) is 1. The van der Waals surface area contributed by atoms with Gasteiger partial charge in [0.1, 0.15) is 0 Å². The smallest absolute Gasteiger partial charge is 0.421 e. The van der Waals surface area contributed by atoms with Gasteiger partial charge >= 0.3 is 16.3 Å². The summed E-state index contributed by atoms with van der Waals surface area (Å²) in [5, 5.41) is 8.44. The van der Waals surface area contributed by atoms with E-state index in [-0.39, 0.29) is 13.2 Å². The van der Waals surface area contributed by atoms with Crippen molar-refractivity contribution in [2.24, 2.45) is 0 Å². The van der Waals surface area contributed by atoms with Crippen LogP contribution in [0.3, 0.4) is 0 Å². The van der Waals surface area contributed by atoms with E-state index in [1.165, 1.54) is 7.05 Å². The molecule has 78 valence electrons. The molecule has 0 aromatic carbocycles. The van der Waals surface area contributed by atoms with Crippen LogP contribution in [-0.2, 0) is 14.9 Å². The maximum atomic E-state index is 11.1. The maximum absolute atomic E-state index is 11.1. The van der Waals surface area contributed by atoms with Crippen molar-refractivity contribution in [1.82, 2.24) is 9.03 Å². The Morgan fingerprint density at radius 3 is 2.54 bits per heavy atom. The summed E-state index contributed by atoms with van der Waals surface area (Å²) in [6.07, 6.45) is -1.07. The molecule has 0 aliphatic rings. The van der Waals surface area contributed by atoms with Gasteiger partial charge in [0.2, 0.25) is 0 Å².